The molecule has 0 aromatic carbocycles. The number of carbonyl (C=O) groups excluding carboxylic acids is 2. The Labute approximate surface area is 368 Å². The SMILES string of the molecule is CCCCCCCCC/C=C\CCCCCCCCCC(=O)OCCCCCCCCCCCC(=O)NC(CO)C(O)CCCCCCCCCCCCCCCCC. The fourth-order valence-corrected chi connectivity index (χ4v) is 8.22. The Balaban J connectivity index is 3.47. The second-order valence-corrected chi connectivity index (χ2v) is 18.2. The third kappa shape index (κ3) is 45.9. The van der Waals surface area contributed by atoms with Gasteiger partial charge >= 0.3 is 5.97 Å². The molecule has 0 spiro atoms. The minimum atomic E-state index is -0.681. The molecular formula is C53H103NO5. The quantitative estimate of drug-likeness (QED) is 0.0322. The van der Waals surface area contributed by atoms with Crippen LogP contribution in [0.1, 0.15) is 290 Å². The number of hydrogen-bond acceptors (Lipinski definition) is 5. The van der Waals surface area contributed by atoms with Gasteiger partial charge in [-0.15, -0.1) is 0 Å². The number of carbonyl (C=O) groups is 2. The molecule has 2 atom stereocenters. The van der Waals surface area contributed by atoms with E-state index in [9.17, 15) is 19.8 Å². The lowest BCUT2D eigenvalue weighted by Gasteiger charge is -2.22. The second kappa shape index (κ2) is 49.3. The molecule has 0 aliphatic rings. The summed E-state index contributed by atoms with van der Waals surface area (Å²) in [5.74, 6) is -0.0886. The molecule has 0 saturated heterocycles. The first-order valence-electron chi connectivity index (χ1n) is 26.4. The van der Waals surface area contributed by atoms with Gasteiger partial charge in [-0.2, -0.15) is 0 Å². The van der Waals surface area contributed by atoms with E-state index in [0.29, 0.717) is 25.9 Å². The molecule has 59 heavy (non-hydrogen) atoms. The molecule has 0 bridgehead atoms. The second-order valence-electron chi connectivity index (χ2n) is 18.2. The summed E-state index contributed by atoms with van der Waals surface area (Å²) in [4.78, 5) is 24.5. The lowest BCUT2D eigenvalue weighted by Crippen LogP contribution is -2.45. The molecule has 0 radical (unpaired) electrons. The number of ether oxygens (including phenoxy) is 1. The lowest BCUT2D eigenvalue weighted by molar-refractivity contribution is -0.143. The Morgan fingerprint density at radius 2 is 0.797 bits per heavy atom. The van der Waals surface area contributed by atoms with Gasteiger partial charge in [-0.3, -0.25) is 9.59 Å². The highest BCUT2D eigenvalue weighted by molar-refractivity contribution is 5.76. The first-order chi connectivity index (χ1) is 29.0. The van der Waals surface area contributed by atoms with E-state index in [2.05, 4.69) is 31.3 Å². The average Bonchev–Trinajstić information content (AvgIpc) is 3.24. The van der Waals surface area contributed by atoms with Crippen molar-refractivity contribution in [2.24, 2.45) is 0 Å². The fraction of sp³-hybridized carbons (Fsp3) is 0.925. The molecule has 0 aromatic heterocycles. The lowest BCUT2D eigenvalue weighted by atomic mass is 10.0. The van der Waals surface area contributed by atoms with Crippen molar-refractivity contribution in [1.82, 2.24) is 5.32 Å². The third-order valence-electron chi connectivity index (χ3n) is 12.3. The van der Waals surface area contributed by atoms with Gasteiger partial charge < -0.3 is 20.3 Å². The van der Waals surface area contributed by atoms with Gasteiger partial charge in [0.2, 0.25) is 5.91 Å². The molecule has 0 aliphatic heterocycles. The first kappa shape index (κ1) is 57.6. The van der Waals surface area contributed by atoms with E-state index in [1.807, 2.05) is 0 Å². The van der Waals surface area contributed by atoms with Crippen LogP contribution in [0.2, 0.25) is 0 Å². The number of allylic oxidation sites excluding steroid dienone is 2. The monoisotopic (exact) mass is 834 g/mol. The molecule has 6 nitrogen and oxygen atoms in total. The van der Waals surface area contributed by atoms with Crippen molar-refractivity contribution in [3.05, 3.63) is 12.2 Å². The number of esters is 1. The summed E-state index contributed by atoms with van der Waals surface area (Å²) in [5.41, 5.74) is 0. The van der Waals surface area contributed by atoms with Gasteiger partial charge in [-0.05, 0) is 51.4 Å². The van der Waals surface area contributed by atoms with Crippen molar-refractivity contribution in [3.8, 4) is 0 Å². The number of aliphatic hydroxyl groups is 2. The minimum absolute atomic E-state index is 0.0274. The van der Waals surface area contributed by atoms with Crippen molar-refractivity contribution in [2.45, 2.75) is 302 Å². The highest BCUT2D eigenvalue weighted by Gasteiger charge is 2.20. The van der Waals surface area contributed by atoms with Crippen LogP contribution in [0.3, 0.4) is 0 Å². The maximum atomic E-state index is 12.4. The molecule has 1 amide bonds. The maximum Gasteiger partial charge on any atom is 0.305 e. The van der Waals surface area contributed by atoms with Gasteiger partial charge in [0.05, 0.1) is 25.4 Å². The maximum absolute atomic E-state index is 12.4. The van der Waals surface area contributed by atoms with Crippen molar-refractivity contribution < 1.29 is 24.5 Å². The molecule has 0 heterocycles. The first-order valence-corrected chi connectivity index (χ1v) is 26.4. The van der Waals surface area contributed by atoms with Crippen molar-refractivity contribution in [1.29, 1.82) is 0 Å². The van der Waals surface area contributed by atoms with E-state index in [-0.39, 0.29) is 18.5 Å². The van der Waals surface area contributed by atoms with Crippen LogP contribution in [0.25, 0.3) is 0 Å². The third-order valence-corrected chi connectivity index (χ3v) is 12.3. The van der Waals surface area contributed by atoms with Gasteiger partial charge in [-0.1, -0.05) is 238 Å². The zero-order valence-corrected chi connectivity index (χ0v) is 39.7. The van der Waals surface area contributed by atoms with Crippen LogP contribution in [0.5, 0.6) is 0 Å². The zero-order chi connectivity index (χ0) is 43.0. The summed E-state index contributed by atoms with van der Waals surface area (Å²) >= 11 is 0. The Bertz CT molecular complexity index is 878. The van der Waals surface area contributed by atoms with E-state index in [0.717, 1.165) is 57.8 Å². The predicted octanol–water partition coefficient (Wildman–Crippen LogP) is 15.7. The molecule has 0 saturated carbocycles. The van der Waals surface area contributed by atoms with E-state index in [1.165, 1.54) is 199 Å². The van der Waals surface area contributed by atoms with Crippen LogP contribution in [0.15, 0.2) is 12.2 Å². The van der Waals surface area contributed by atoms with E-state index >= 15 is 0 Å². The van der Waals surface area contributed by atoms with E-state index < -0.39 is 12.1 Å². The highest BCUT2D eigenvalue weighted by Crippen LogP contribution is 2.16. The normalized spacial score (nSPS) is 12.7. The van der Waals surface area contributed by atoms with Gasteiger partial charge in [0.1, 0.15) is 0 Å². The van der Waals surface area contributed by atoms with Crippen LogP contribution in [0.4, 0.5) is 0 Å². The molecule has 350 valence electrons. The average molecular weight is 834 g/mol. The van der Waals surface area contributed by atoms with Gasteiger partial charge in [0, 0.05) is 12.8 Å². The van der Waals surface area contributed by atoms with Gasteiger partial charge in [0.25, 0.3) is 0 Å². The number of amides is 1. The number of nitrogens with one attached hydrogen (secondary N) is 1. The zero-order valence-electron chi connectivity index (χ0n) is 39.7. The molecular weight excluding hydrogens is 731 g/mol. The van der Waals surface area contributed by atoms with E-state index in [1.54, 1.807) is 0 Å². The highest BCUT2D eigenvalue weighted by atomic mass is 16.5. The smallest absolute Gasteiger partial charge is 0.305 e. The van der Waals surface area contributed by atoms with Crippen LogP contribution < -0.4 is 5.32 Å². The molecule has 0 aliphatic carbocycles. The Morgan fingerprint density at radius 1 is 0.458 bits per heavy atom. The van der Waals surface area contributed by atoms with Crippen molar-refractivity contribution in [2.75, 3.05) is 13.2 Å². The van der Waals surface area contributed by atoms with Crippen LogP contribution in [-0.4, -0.2) is 47.4 Å². The molecule has 0 fully saturated rings. The van der Waals surface area contributed by atoms with Gasteiger partial charge in [-0.25, -0.2) is 0 Å². The summed E-state index contributed by atoms with van der Waals surface area (Å²) in [5, 5.41) is 23.2. The summed E-state index contributed by atoms with van der Waals surface area (Å²) in [6.07, 6.45) is 56.1. The van der Waals surface area contributed by atoms with E-state index in [4.69, 9.17) is 4.74 Å². The Morgan fingerprint density at radius 3 is 1.20 bits per heavy atom. The van der Waals surface area contributed by atoms with Crippen LogP contribution in [-0.2, 0) is 14.3 Å². The molecule has 0 aromatic rings. The summed E-state index contributed by atoms with van der Waals surface area (Å²) < 4.78 is 5.46. The van der Waals surface area contributed by atoms with Crippen LogP contribution >= 0.6 is 0 Å². The van der Waals surface area contributed by atoms with Crippen molar-refractivity contribution in [3.63, 3.8) is 0 Å². The standard InChI is InChI=1S/C53H103NO5/c1-3-5-7-9-11-13-15-17-19-20-21-23-25-27-31-35-39-43-47-53(58)59-48-44-40-36-32-28-30-34-38-42-46-52(57)54-50(49-55)51(56)45-41-37-33-29-26-24-22-18-16-14-12-10-8-6-4-2/h19-20,50-51,55-56H,3-18,21-49H2,1-2H3,(H,54,57)/b20-19-. The Hall–Kier alpha value is -1.40. The number of aliphatic hydroxyl groups excluding tert-OH is 2. The van der Waals surface area contributed by atoms with Crippen LogP contribution in [0, 0.1) is 0 Å². The topological polar surface area (TPSA) is 95.9 Å². The summed E-state index contributed by atoms with van der Waals surface area (Å²) in [6, 6.07) is -0.561. The van der Waals surface area contributed by atoms with Crippen molar-refractivity contribution >= 4 is 11.9 Å². The predicted molar refractivity (Wildman–Crippen MR) is 255 cm³/mol. The molecule has 2 unspecified atom stereocenters. The Kier molecular flexibility index (Phi) is 48.1. The molecule has 6 heteroatoms. The van der Waals surface area contributed by atoms with Gasteiger partial charge in [0.15, 0.2) is 0 Å². The number of unbranched alkanes of at least 4 members (excludes halogenated alkanes) is 36. The largest absolute Gasteiger partial charge is 0.466 e. The molecule has 3 N–H and O–H groups in total. The summed E-state index contributed by atoms with van der Waals surface area (Å²) in [7, 11) is 0. The summed E-state index contributed by atoms with van der Waals surface area (Å²) in [6.45, 7) is 4.90. The number of hydrogen-bond donors (Lipinski definition) is 3. The number of rotatable bonds is 49. The molecule has 0 rings (SSSR count). The fourth-order valence-electron chi connectivity index (χ4n) is 8.22. The minimum Gasteiger partial charge on any atom is -0.466 e.